The number of nitrogens with one attached hydrogen (secondary N) is 1. The summed E-state index contributed by atoms with van der Waals surface area (Å²) in [6.07, 6.45) is 9.27. The van der Waals surface area contributed by atoms with Gasteiger partial charge in [-0.05, 0) is 13.0 Å². The molecule has 0 aliphatic carbocycles. The van der Waals surface area contributed by atoms with E-state index in [1.165, 1.54) is 32.1 Å². The van der Waals surface area contributed by atoms with Crippen LogP contribution in [0.25, 0.3) is 0 Å². The molecular weight excluding hydrogens is 234 g/mol. The summed E-state index contributed by atoms with van der Waals surface area (Å²) in [6.45, 7) is 2.63. The van der Waals surface area contributed by atoms with Crippen LogP contribution < -0.4 is 5.32 Å². The molecule has 0 aromatic rings. The van der Waals surface area contributed by atoms with Crippen LogP contribution in [0, 0.1) is 0 Å². The van der Waals surface area contributed by atoms with E-state index in [2.05, 4.69) is 12.2 Å². The molecule has 0 aliphatic heterocycles. The van der Waals surface area contributed by atoms with E-state index >= 15 is 0 Å². The molecule has 0 bridgehead atoms. The van der Waals surface area contributed by atoms with E-state index in [4.69, 9.17) is 10.2 Å². The monoisotopic (exact) mass is 259 g/mol. The molecule has 0 radical (unpaired) electrons. The fourth-order valence-corrected chi connectivity index (χ4v) is 1.79. The molecule has 0 unspecified atom stereocenters. The molecule has 18 heavy (non-hydrogen) atoms. The van der Waals surface area contributed by atoms with Crippen molar-refractivity contribution in [3.63, 3.8) is 0 Å². The summed E-state index contributed by atoms with van der Waals surface area (Å²) in [5.41, 5.74) is 0. The smallest absolute Gasteiger partial charge is 0.332 e. The first-order valence-electron chi connectivity index (χ1n) is 6.78. The van der Waals surface area contributed by atoms with E-state index < -0.39 is 18.0 Å². The Morgan fingerprint density at radius 1 is 0.889 bits per heavy atom. The van der Waals surface area contributed by atoms with Gasteiger partial charge in [-0.2, -0.15) is 0 Å². The lowest BCUT2D eigenvalue weighted by Gasteiger charge is -2.09. The van der Waals surface area contributed by atoms with Crippen LogP contribution in [0.1, 0.15) is 58.3 Å². The zero-order valence-corrected chi connectivity index (χ0v) is 11.2. The molecule has 5 heteroatoms. The third kappa shape index (κ3) is 8.98. The maximum absolute atomic E-state index is 10.6. The maximum atomic E-state index is 10.6. The highest BCUT2D eigenvalue weighted by atomic mass is 16.4. The highest BCUT2D eigenvalue weighted by molar-refractivity contribution is 5.97. The van der Waals surface area contributed by atoms with Crippen molar-refractivity contribution in [1.29, 1.82) is 0 Å². The largest absolute Gasteiger partial charge is 0.480 e. The van der Waals surface area contributed by atoms with Gasteiger partial charge in [-0.1, -0.05) is 51.9 Å². The number of hydrogen-bond donors (Lipinski definition) is 3. The normalized spacial score (nSPS) is 10.8. The summed E-state index contributed by atoms with van der Waals surface area (Å²) >= 11 is 0. The molecule has 0 spiro atoms. The molecule has 5 nitrogen and oxygen atoms in total. The maximum Gasteiger partial charge on any atom is 0.332 e. The number of carboxylic acid groups (broad SMARTS) is 2. The molecule has 0 rings (SSSR count). The molecule has 0 saturated heterocycles. The van der Waals surface area contributed by atoms with Crippen molar-refractivity contribution in [1.82, 2.24) is 5.32 Å². The van der Waals surface area contributed by atoms with Gasteiger partial charge in [0, 0.05) is 0 Å². The van der Waals surface area contributed by atoms with Gasteiger partial charge in [0.15, 0.2) is 0 Å². The van der Waals surface area contributed by atoms with Gasteiger partial charge >= 0.3 is 11.9 Å². The number of carboxylic acids is 2. The molecule has 0 aliphatic rings. The number of unbranched alkanes of at least 4 members (excludes halogenated alkanes) is 7. The standard InChI is InChI=1S/C13H25NO4/c1-2-3-4-5-6-7-8-9-10-14-11(12(15)16)13(17)18/h11,14H,2-10H2,1H3,(H,15,16)(H,17,18). The van der Waals surface area contributed by atoms with Crippen molar-refractivity contribution in [2.75, 3.05) is 6.54 Å². The van der Waals surface area contributed by atoms with Crippen LogP contribution in [0.3, 0.4) is 0 Å². The zero-order valence-electron chi connectivity index (χ0n) is 11.2. The van der Waals surface area contributed by atoms with Crippen molar-refractivity contribution < 1.29 is 19.8 Å². The van der Waals surface area contributed by atoms with Crippen molar-refractivity contribution in [3.8, 4) is 0 Å². The minimum Gasteiger partial charge on any atom is -0.480 e. The minimum absolute atomic E-state index is 0.443. The summed E-state index contributed by atoms with van der Waals surface area (Å²) in [7, 11) is 0. The summed E-state index contributed by atoms with van der Waals surface area (Å²) in [4.78, 5) is 21.1. The number of hydrogen-bond acceptors (Lipinski definition) is 3. The van der Waals surface area contributed by atoms with Gasteiger partial charge in [-0.25, -0.2) is 9.59 Å². The fourth-order valence-electron chi connectivity index (χ4n) is 1.79. The van der Waals surface area contributed by atoms with Crippen LogP contribution >= 0.6 is 0 Å². The third-order valence-corrected chi connectivity index (χ3v) is 2.87. The number of rotatable bonds is 12. The lowest BCUT2D eigenvalue weighted by atomic mass is 10.1. The van der Waals surface area contributed by atoms with Gasteiger partial charge in [0.05, 0.1) is 0 Å². The van der Waals surface area contributed by atoms with Crippen molar-refractivity contribution >= 4 is 11.9 Å². The predicted molar refractivity (Wildman–Crippen MR) is 69.7 cm³/mol. The molecular formula is C13H25NO4. The fraction of sp³-hybridized carbons (Fsp3) is 0.846. The second-order valence-electron chi connectivity index (χ2n) is 4.54. The van der Waals surface area contributed by atoms with Gasteiger partial charge in [-0.3, -0.25) is 5.32 Å². The summed E-state index contributed by atoms with van der Waals surface area (Å²) < 4.78 is 0. The van der Waals surface area contributed by atoms with Gasteiger partial charge in [0.2, 0.25) is 6.04 Å². The van der Waals surface area contributed by atoms with Gasteiger partial charge in [0.25, 0.3) is 0 Å². The molecule has 0 aromatic carbocycles. The van der Waals surface area contributed by atoms with Crippen LogP contribution in [-0.2, 0) is 9.59 Å². The van der Waals surface area contributed by atoms with E-state index in [-0.39, 0.29) is 0 Å². The molecule has 0 atom stereocenters. The van der Waals surface area contributed by atoms with Crippen molar-refractivity contribution in [3.05, 3.63) is 0 Å². The lowest BCUT2D eigenvalue weighted by Crippen LogP contribution is -2.43. The second-order valence-corrected chi connectivity index (χ2v) is 4.54. The first-order valence-corrected chi connectivity index (χ1v) is 6.78. The topological polar surface area (TPSA) is 86.6 Å². The van der Waals surface area contributed by atoms with Crippen LogP contribution in [0.5, 0.6) is 0 Å². The average Bonchev–Trinajstić information content (AvgIpc) is 2.30. The zero-order chi connectivity index (χ0) is 13.8. The summed E-state index contributed by atoms with van der Waals surface area (Å²) in [5.74, 6) is -2.66. The Hall–Kier alpha value is -1.10. The van der Waals surface area contributed by atoms with Crippen LogP contribution in [0.15, 0.2) is 0 Å². The van der Waals surface area contributed by atoms with Crippen LogP contribution in [-0.4, -0.2) is 34.7 Å². The van der Waals surface area contributed by atoms with Gasteiger partial charge in [0.1, 0.15) is 0 Å². The molecule has 0 saturated carbocycles. The average molecular weight is 259 g/mol. The molecule has 0 aromatic heterocycles. The van der Waals surface area contributed by atoms with Crippen LogP contribution in [0.2, 0.25) is 0 Å². The summed E-state index contributed by atoms with van der Waals surface area (Å²) in [6, 6.07) is -1.48. The van der Waals surface area contributed by atoms with Crippen molar-refractivity contribution in [2.45, 2.75) is 64.3 Å². The Morgan fingerprint density at radius 3 is 1.78 bits per heavy atom. The predicted octanol–water partition coefficient (Wildman–Crippen LogP) is 2.25. The Kier molecular flexibility index (Phi) is 10.3. The quantitative estimate of drug-likeness (QED) is 0.369. The Labute approximate surface area is 109 Å². The molecule has 0 heterocycles. The Balaban J connectivity index is 3.39. The van der Waals surface area contributed by atoms with E-state index in [0.717, 1.165) is 19.3 Å². The minimum atomic E-state index is -1.48. The van der Waals surface area contributed by atoms with Crippen molar-refractivity contribution in [2.24, 2.45) is 0 Å². The Bertz CT molecular complexity index is 229. The summed E-state index contributed by atoms with van der Waals surface area (Å²) in [5, 5.41) is 19.8. The molecule has 0 amide bonds. The number of aliphatic carboxylic acids is 2. The number of carbonyl (C=O) groups is 2. The SMILES string of the molecule is CCCCCCCCCCNC(C(=O)O)C(=O)O. The van der Waals surface area contributed by atoms with Gasteiger partial charge in [-0.15, -0.1) is 0 Å². The first kappa shape index (κ1) is 16.9. The van der Waals surface area contributed by atoms with E-state index in [1.807, 2.05) is 0 Å². The van der Waals surface area contributed by atoms with Gasteiger partial charge < -0.3 is 10.2 Å². The van der Waals surface area contributed by atoms with E-state index in [9.17, 15) is 9.59 Å². The highest BCUT2D eigenvalue weighted by Gasteiger charge is 2.24. The molecule has 0 fully saturated rings. The van der Waals surface area contributed by atoms with E-state index in [1.54, 1.807) is 0 Å². The second kappa shape index (κ2) is 11.0. The first-order chi connectivity index (χ1) is 8.59. The van der Waals surface area contributed by atoms with E-state index in [0.29, 0.717) is 6.54 Å². The highest BCUT2D eigenvalue weighted by Crippen LogP contribution is 2.07. The molecule has 3 N–H and O–H groups in total. The Morgan fingerprint density at radius 2 is 1.33 bits per heavy atom. The lowest BCUT2D eigenvalue weighted by molar-refractivity contribution is -0.151. The van der Waals surface area contributed by atoms with Crippen LogP contribution in [0.4, 0.5) is 0 Å². The third-order valence-electron chi connectivity index (χ3n) is 2.87. The molecule has 106 valence electrons.